The summed E-state index contributed by atoms with van der Waals surface area (Å²) in [4.78, 5) is 0.102. The summed E-state index contributed by atoms with van der Waals surface area (Å²) in [5.74, 6) is 0. The predicted molar refractivity (Wildman–Crippen MR) is 77.9 cm³/mol. The zero-order valence-electron chi connectivity index (χ0n) is 10.2. The Morgan fingerprint density at radius 1 is 1.11 bits per heavy atom. The van der Waals surface area contributed by atoms with E-state index in [-0.39, 0.29) is 10.6 Å². The third kappa shape index (κ3) is 3.00. The van der Waals surface area contributed by atoms with Crippen molar-refractivity contribution in [3.05, 3.63) is 53.1 Å². The second-order valence-corrected chi connectivity index (χ2v) is 6.16. The smallest absolute Gasteiger partial charge is 0.264 e. The van der Waals surface area contributed by atoms with Gasteiger partial charge in [0.25, 0.3) is 10.0 Å². The molecule has 2 aromatic carbocycles. The fourth-order valence-electron chi connectivity index (χ4n) is 1.77. The molecule has 0 aliphatic rings. The summed E-state index contributed by atoms with van der Waals surface area (Å²) >= 11 is 5.75. The number of benzene rings is 2. The number of rotatable bonds is 3. The molecule has 0 unspecified atom stereocenters. The monoisotopic (exact) mass is 296 g/mol. The molecule has 3 N–H and O–H groups in total. The van der Waals surface area contributed by atoms with Crippen molar-refractivity contribution in [3.63, 3.8) is 0 Å². The van der Waals surface area contributed by atoms with Gasteiger partial charge in [-0.1, -0.05) is 23.7 Å². The summed E-state index contributed by atoms with van der Waals surface area (Å²) in [5, 5.41) is 0.540. The standard InChI is InChI=1S/C13H13ClN2O2S/c1-9-3-2-4-12(15)13(9)19(17,18)16-11-7-5-10(14)6-8-11/h2-8,16H,15H2,1H3. The minimum atomic E-state index is -3.71. The average Bonchev–Trinajstić information content (AvgIpc) is 2.31. The molecule has 0 atom stereocenters. The number of hydrogen-bond donors (Lipinski definition) is 2. The number of hydrogen-bond acceptors (Lipinski definition) is 3. The maximum Gasteiger partial charge on any atom is 0.264 e. The summed E-state index contributed by atoms with van der Waals surface area (Å²) in [7, 11) is -3.71. The Balaban J connectivity index is 2.41. The van der Waals surface area contributed by atoms with Crippen molar-refractivity contribution < 1.29 is 8.42 Å². The second-order valence-electron chi connectivity index (χ2n) is 4.11. The molecular formula is C13H13ClN2O2S. The van der Waals surface area contributed by atoms with Crippen LogP contribution in [0.2, 0.25) is 5.02 Å². The lowest BCUT2D eigenvalue weighted by Gasteiger charge is -2.12. The second kappa shape index (κ2) is 5.11. The van der Waals surface area contributed by atoms with Crippen molar-refractivity contribution in [2.45, 2.75) is 11.8 Å². The highest BCUT2D eigenvalue weighted by Gasteiger charge is 2.19. The Kier molecular flexibility index (Phi) is 3.68. The van der Waals surface area contributed by atoms with Crippen molar-refractivity contribution in [2.75, 3.05) is 10.5 Å². The van der Waals surface area contributed by atoms with Crippen LogP contribution in [0.3, 0.4) is 0 Å². The highest BCUT2D eigenvalue weighted by atomic mass is 35.5. The van der Waals surface area contributed by atoms with E-state index in [1.807, 2.05) is 0 Å². The number of sulfonamides is 1. The number of halogens is 1. The molecule has 2 aromatic rings. The molecule has 0 saturated carbocycles. The molecule has 19 heavy (non-hydrogen) atoms. The van der Waals surface area contributed by atoms with Crippen LogP contribution in [-0.4, -0.2) is 8.42 Å². The van der Waals surface area contributed by atoms with Crippen molar-refractivity contribution in [3.8, 4) is 0 Å². The number of nitrogens with one attached hydrogen (secondary N) is 1. The van der Waals surface area contributed by atoms with Crippen LogP contribution >= 0.6 is 11.6 Å². The number of nitrogen functional groups attached to an aromatic ring is 1. The van der Waals surface area contributed by atoms with Gasteiger partial charge >= 0.3 is 0 Å². The van der Waals surface area contributed by atoms with Gasteiger partial charge in [-0.15, -0.1) is 0 Å². The van der Waals surface area contributed by atoms with Crippen molar-refractivity contribution >= 4 is 33.0 Å². The lowest BCUT2D eigenvalue weighted by molar-refractivity contribution is 0.601. The van der Waals surface area contributed by atoms with Gasteiger partial charge in [-0.3, -0.25) is 4.72 Å². The minimum Gasteiger partial charge on any atom is -0.398 e. The van der Waals surface area contributed by atoms with E-state index in [0.717, 1.165) is 0 Å². The molecular weight excluding hydrogens is 284 g/mol. The number of nitrogens with two attached hydrogens (primary N) is 1. The van der Waals surface area contributed by atoms with Crippen LogP contribution < -0.4 is 10.5 Å². The molecule has 0 spiro atoms. The van der Waals surface area contributed by atoms with E-state index in [9.17, 15) is 8.42 Å². The molecule has 0 aliphatic carbocycles. The molecule has 0 saturated heterocycles. The highest BCUT2D eigenvalue weighted by molar-refractivity contribution is 7.93. The Morgan fingerprint density at radius 3 is 2.32 bits per heavy atom. The van der Waals surface area contributed by atoms with Gasteiger partial charge in [-0.05, 0) is 42.8 Å². The topological polar surface area (TPSA) is 72.2 Å². The zero-order chi connectivity index (χ0) is 14.0. The van der Waals surface area contributed by atoms with Gasteiger partial charge in [0, 0.05) is 10.7 Å². The SMILES string of the molecule is Cc1cccc(N)c1S(=O)(=O)Nc1ccc(Cl)cc1. The maximum absolute atomic E-state index is 12.3. The van der Waals surface area contributed by atoms with E-state index in [2.05, 4.69) is 4.72 Å². The predicted octanol–water partition coefficient (Wildman–Crippen LogP) is 3.03. The maximum atomic E-state index is 12.3. The summed E-state index contributed by atoms with van der Waals surface area (Å²) in [6, 6.07) is 11.4. The van der Waals surface area contributed by atoms with E-state index in [1.165, 1.54) is 0 Å². The molecule has 6 heteroatoms. The Bertz CT molecular complexity index is 677. The fourth-order valence-corrected chi connectivity index (χ4v) is 3.31. The van der Waals surface area contributed by atoms with Crippen LogP contribution in [0.4, 0.5) is 11.4 Å². The summed E-state index contributed by atoms with van der Waals surface area (Å²) in [6.45, 7) is 1.70. The van der Waals surface area contributed by atoms with Gasteiger partial charge in [0.05, 0.1) is 5.69 Å². The van der Waals surface area contributed by atoms with E-state index in [4.69, 9.17) is 17.3 Å². The summed E-state index contributed by atoms with van der Waals surface area (Å²) in [5.41, 5.74) is 7.00. The molecule has 0 amide bonds. The Labute approximate surface area is 117 Å². The summed E-state index contributed by atoms with van der Waals surface area (Å²) in [6.07, 6.45) is 0. The van der Waals surface area contributed by atoms with Crippen molar-refractivity contribution in [2.24, 2.45) is 0 Å². The zero-order valence-corrected chi connectivity index (χ0v) is 11.8. The quantitative estimate of drug-likeness (QED) is 0.855. The first-order chi connectivity index (χ1) is 8.90. The van der Waals surface area contributed by atoms with E-state index < -0.39 is 10.0 Å². The molecule has 0 radical (unpaired) electrons. The van der Waals surface area contributed by atoms with Crippen LogP contribution in [-0.2, 0) is 10.0 Å². The largest absolute Gasteiger partial charge is 0.398 e. The van der Waals surface area contributed by atoms with Crippen LogP contribution in [0.1, 0.15) is 5.56 Å². The Morgan fingerprint density at radius 2 is 1.74 bits per heavy atom. The van der Waals surface area contributed by atoms with E-state index in [0.29, 0.717) is 16.3 Å². The van der Waals surface area contributed by atoms with Crippen LogP contribution in [0.5, 0.6) is 0 Å². The first-order valence-electron chi connectivity index (χ1n) is 5.53. The highest BCUT2D eigenvalue weighted by Crippen LogP contribution is 2.25. The lowest BCUT2D eigenvalue weighted by Crippen LogP contribution is -2.16. The fraction of sp³-hybridized carbons (Fsp3) is 0.0769. The van der Waals surface area contributed by atoms with Crippen molar-refractivity contribution in [1.82, 2.24) is 0 Å². The molecule has 100 valence electrons. The normalized spacial score (nSPS) is 11.3. The number of aryl methyl sites for hydroxylation is 1. The minimum absolute atomic E-state index is 0.102. The molecule has 0 heterocycles. The molecule has 0 fully saturated rings. The number of anilines is 2. The Hall–Kier alpha value is -1.72. The molecule has 0 aliphatic heterocycles. The van der Waals surface area contributed by atoms with E-state index in [1.54, 1.807) is 49.4 Å². The van der Waals surface area contributed by atoms with Crippen LogP contribution in [0.15, 0.2) is 47.4 Å². The van der Waals surface area contributed by atoms with Crippen molar-refractivity contribution in [1.29, 1.82) is 0 Å². The van der Waals surface area contributed by atoms with Gasteiger partial charge in [0.1, 0.15) is 4.90 Å². The van der Waals surface area contributed by atoms with Gasteiger partial charge in [0.2, 0.25) is 0 Å². The third-order valence-electron chi connectivity index (χ3n) is 2.61. The summed E-state index contributed by atoms with van der Waals surface area (Å²) < 4.78 is 27.1. The van der Waals surface area contributed by atoms with Gasteiger partial charge < -0.3 is 5.73 Å². The average molecular weight is 297 g/mol. The first-order valence-corrected chi connectivity index (χ1v) is 7.40. The van der Waals surface area contributed by atoms with Gasteiger partial charge in [0.15, 0.2) is 0 Å². The van der Waals surface area contributed by atoms with Gasteiger partial charge in [-0.2, -0.15) is 0 Å². The molecule has 0 bridgehead atoms. The third-order valence-corrected chi connectivity index (χ3v) is 4.46. The van der Waals surface area contributed by atoms with Gasteiger partial charge in [-0.25, -0.2) is 8.42 Å². The lowest BCUT2D eigenvalue weighted by atomic mass is 10.2. The van der Waals surface area contributed by atoms with E-state index >= 15 is 0 Å². The molecule has 4 nitrogen and oxygen atoms in total. The molecule has 0 aromatic heterocycles. The van der Waals surface area contributed by atoms with Crippen LogP contribution in [0.25, 0.3) is 0 Å². The van der Waals surface area contributed by atoms with Crippen LogP contribution in [0, 0.1) is 6.92 Å². The molecule has 2 rings (SSSR count). The first kappa shape index (κ1) is 13.7.